The van der Waals surface area contributed by atoms with Gasteiger partial charge in [0, 0.05) is 19.2 Å². The monoisotopic (exact) mass is 228 g/mol. The average molecular weight is 228 g/mol. The predicted molar refractivity (Wildman–Crippen MR) is 62.8 cm³/mol. The Labute approximate surface area is 99.4 Å². The van der Waals surface area contributed by atoms with Gasteiger partial charge >= 0.3 is 0 Å². The van der Waals surface area contributed by atoms with E-state index in [-0.39, 0.29) is 12.0 Å². The summed E-state index contributed by atoms with van der Waals surface area (Å²) in [6, 6.07) is 9.08. The molecule has 17 heavy (non-hydrogen) atoms. The van der Waals surface area contributed by atoms with Crippen LogP contribution in [0.25, 0.3) is 6.08 Å². The first kappa shape index (κ1) is 11.4. The van der Waals surface area contributed by atoms with Crippen LogP contribution in [0.4, 0.5) is 0 Å². The van der Waals surface area contributed by atoms with Gasteiger partial charge in [-0.2, -0.15) is 5.26 Å². The minimum atomic E-state index is -0.380. The zero-order valence-corrected chi connectivity index (χ0v) is 9.21. The normalized spacial score (nSPS) is 15.6. The lowest BCUT2D eigenvalue weighted by Crippen LogP contribution is -2.52. The minimum Gasteiger partial charge on any atom is -0.389 e. The number of nitrogens with zero attached hydrogens (tertiary/aromatic N) is 2. The molecule has 0 atom stereocenters. The van der Waals surface area contributed by atoms with Crippen LogP contribution in [0.15, 0.2) is 30.3 Å². The number of carbonyl (C=O) groups is 1. The van der Waals surface area contributed by atoms with Crippen LogP contribution in [-0.4, -0.2) is 35.1 Å². The van der Waals surface area contributed by atoms with Crippen molar-refractivity contribution in [2.24, 2.45) is 0 Å². The molecule has 2 rings (SSSR count). The highest BCUT2D eigenvalue weighted by molar-refractivity contribution is 5.92. The Hall–Kier alpha value is -2.12. The van der Waals surface area contributed by atoms with Gasteiger partial charge in [0.2, 0.25) is 5.91 Å². The Morgan fingerprint density at radius 2 is 2.29 bits per heavy atom. The highest BCUT2D eigenvalue weighted by Gasteiger charge is 2.26. The van der Waals surface area contributed by atoms with Gasteiger partial charge in [0.1, 0.15) is 0 Å². The van der Waals surface area contributed by atoms with Gasteiger partial charge in [0.05, 0.1) is 17.7 Å². The Balaban J connectivity index is 2.00. The third kappa shape index (κ3) is 2.71. The second-order valence-electron chi connectivity index (χ2n) is 3.97. The quantitative estimate of drug-likeness (QED) is 0.760. The minimum absolute atomic E-state index is 0.113. The fourth-order valence-electron chi connectivity index (χ4n) is 1.62. The topological polar surface area (TPSA) is 64.3 Å². The summed E-state index contributed by atoms with van der Waals surface area (Å²) >= 11 is 0. The first-order chi connectivity index (χ1) is 8.19. The predicted octanol–water partition coefficient (Wildman–Crippen LogP) is 0.775. The molecule has 1 heterocycles. The summed E-state index contributed by atoms with van der Waals surface area (Å²) in [6.07, 6.45) is 2.75. The van der Waals surface area contributed by atoms with E-state index < -0.39 is 0 Å². The lowest BCUT2D eigenvalue weighted by Gasteiger charge is -2.34. The standard InChI is InChI=1S/C13H12N2O2/c14-7-11-3-1-2-10(6-11)4-5-13(17)15-8-12(16)9-15/h1-6,12,16H,8-9H2. The summed E-state index contributed by atoms with van der Waals surface area (Å²) in [5, 5.41) is 17.8. The van der Waals surface area contributed by atoms with Gasteiger partial charge in [-0.05, 0) is 23.8 Å². The molecule has 0 radical (unpaired) electrons. The molecular weight excluding hydrogens is 216 g/mol. The molecule has 1 fully saturated rings. The van der Waals surface area contributed by atoms with Gasteiger partial charge in [-0.3, -0.25) is 4.79 Å². The smallest absolute Gasteiger partial charge is 0.246 e. The number of nitriles is 1. The van der Waals surface area contributed by atoms with Crippen molar-refractivity contribution in [3.8, 4) is 6.07 Å². The maximum atomic E-state index is 11.6. The second-order valence-corrected chi connectivity index (χ2v) is 3.97. The maximum Gasteiger partial charge on any atom is 0.246 e. The lowest BCUT2D eigenvalue weighted by atomic mass is 10.1. The molecule has 0 spiro atoms. The molecule has 4 heteroatoms. The summed E-state index contributed by atoms with van der Waals surface area (Å²) in [6.45, 7) is 0.808. The first-order valence-electron chi connectivity index (χ1n) is 5.34. The Morgan fingerprint density at radius 1 is 1.53 bits per heavy atom. The van der Waals surface area contributed by atoms with Crippen molar-refractivity contribution in [3.05, 3.63) is 41.5 Å². The van der Waals surface area contributed by atoms with Crippen LogP contribution in [0, 0.1) is 11.3 Å². The second kappa shape index (κ2) is 4.81. The van der Waals surface area contributed by atoms with Gasteiger partial charge in [0.25, 0.3) is 0 Å². The van der Waals surface area contributed by atoms with Gasteiger partial charge < -0.3 is 10.0 Å². The third-order valence-electron chi connectivity index (χ3n) is 2.61. The van der Waals surface area contributed by atoms with E-state index in [1.165, 1.54) is 6.08 Å². The van der Waals surface area contributed by atoms with Crippen LogP contribution in [0.3, 0.4) is 0 Å². The van der Waals surface area contributed by atoms with Crippen molar-refractivity contribution in [2.45, 2.75) is 6.10 Å². The Morgan fingerprint density at radius 3 is 2.94 bits per heavy atom. The number of likely N-dealkylation sites (tertiary alicyclic amines) is 1. The summed E-state index contributed by atoms with van der Waals surface area (Å²) in [7, 11) is 0. The van der Waals surface area contributed by atoms with Gasteiger partial charge in [0.15, 0.2) is 0 Å². The van der Waals surface area contributed by atoms with Gasteiger partial charge in [-0.1, -0.05) is 12.1 Å². The van der Waals surface area contributed by atoms with Crippen LogP contribution in [0.1, 0.15) is 11.1 Å². The number of amides is 1. The summed E-state index contributed by atoms with van der Waals surface area (Å²) in [5.74, 6) is -0.113. The van der Waals surface area contributed by atoms with E-state index >= 15 is 0 Å². The van der Waals surface area contributed by atoms with Crippen molar-refractivity contribution in [2.75, 3.05) is 13.1 Å². The van der Waals surface area contributed by atoms with Crippen LogP contribution in [0.2, 0.25) is 0 Å². The van der Waals surface area contributed by atoms with Crippen molar-refractivity contribution in [1.29, 1.82) is 5.26 Å². The molecule has 1 aliphatic rings. The molecule has 0 saturated carbocycles. The average Bonchev–Trinajstić information content (AvgIpc) is 2.32. The van der Waals surface area contributed by atoms with E-state index in [1.807, 2.05) is 12.1 Å². The third-order valence-corrected chi connectivity index (χ3v) is 2.61. The van der Waals surface area contributed by atoms with E-state index in [4.69, 9.17) is 10.4 Å². The molecule has 0 unspecified atom stereocenters. The molecule has 1 aromatic rings. The number of aliphatic hydroxyl groups is 1. The SMILES string of the molecule is N#Cc1cccc(C=CC(=O)N2CC(O)C2)c1. The molecule has 1 aliphatic heterocycles. The highest BCUT2D eigenvalue weighted by Crippen LogP contribution is 2.10. The first-order valence-corrected chi connectivity index (χ1v) is 5.34. The zero-order valence-electron chi connectivity index (χ0n) is 9.21. The molecule has 1 amide bonds. The molecule has 0 aromatic heterocycles. The van der Waals surface area contributed by atoms with Crippen LogP contribution < -0.4 is 0 Å². The highest BCUT2D eigenvalue weighted by atomic mass is 16.3. The zero-order chi connectivity index (χ0) is 12.3. The molecule has 1 N–H and O–H groups in total. The molecule has 86 valence electrons. The van der Waals surface area contributed by atoms with Crippen LogP contribution >= 0.6 is 0 Å². The summed E-state index contributed by atoms with van der Waals surface area (Å²) in [4.78, 5) is 13.1. The summed E-state index contributed by atoms with van der Waals surface area (Å²) < 4.78 is 0. The van der Waals surface area contributed by atoms with Gasteiger partial charge in [-0.25, -0.2) is 0 Å². The van der Waals surface area contributed by atoms with Crippen LogP contribution in [0.5, 0.6) is 0 Å². The Bertz CT molecular complexity index is 496. The van der Waals surface area contributed by atoms with E-state index in [1.54, 1.807) is 29.2 Å². The Kier molecular flexibility index (Phi) is 3.22. The van der Waals surface area contributed by atoms with Crippen molar-refractivity contribution in [1.82, 2.24) is 4.90 Å². The number of β-amino-alcohol motifs (C(OH)–C–C–N with tert-alkyl or cyclic N) is 1. The van der Waals surface area contributed by atoms with Crippen molar-refractivity contribution in [3.63, 3.8) is 0 Å². The van der Waals surface area contributed by atoms with E-state index in [2.05, 4.69) is 0 Å². The van der Waals surface area contributed by atoms with Crippen molar-refractivity contribution < 1.29 is 9.90 Å². The van der Waals surface area contributed by atoms with E-state index in [0.29, 0.717) is 18.7 Å². The number of hydrogen-bond acceptors (Lipinski definition) is 3. The number of aliphatic hydroxyl groups excluding tert-OH is 1. The largest absolute Gasteiger partial charge is 0.389 e. The molecule has 0 bridgehead atoms. The molecule has 1 aromatic carbocycles. The number of carbonyl (C=O) groups excluding carboxylic acids is 1. The molecule has 4 nitrogen and oxygen atoms in total. The van der Waals surface area contributed by atoms with E-state index in [9.17, 15) is 4.79 Å². The number of hydrogen-bond donors (Lipinski definition) is 1. The van der Waals surface area contributed by atoms with Crippen molar-refractivity contribution >= 4 is 12.0 Å². The summed E-state index contributed by atoms with van der Waals surface area (Å²) in [5.41, 5.74) is 1.39. The van der Waals surface area contributed by atoms with Gasteiger partial charge in [-0.15, -0.1) is 0 Å². The number of benzene rings is 1. The lowest BCUT2D eigenvalue weighted by molar-refractivity contribution is -0.135. The molecule has 0 aliphatic carbocycles. The fourth-order valence-corrected chi connectivity index (χ4v) is 1.62. The fraction of sp³-hybridized carbons (Fsp3) is 0.231. The number of rotatable bonds is 2. The maximum absolute atomic E-state index is 11.6. The van der Waals surface area contributed by atoms with Crippen LogP contribution in [-0.2, 0) is 4.79 Å². The molecular formula is C13H12N2O2. The van der Waals surface area contributed by atoms with E-state index in [0.717, 1.165) is 5.56 Å². The molecule has 1 saturated heterocycles.